The molecule has 1 unspecified atom stereocenters. The average molecular weight is 248 g/mol. The van der Waals surface area contributed by atoms with Crippen molar-refractivity contribution in [1.82, 2.24) is 10.7 Å². The number of nitrogens with two attached hydrogens (primary N) is 1. The average Bonchev–Trinajstić information content (AvgIpc) is 2.38. The Morgan fingerprint density at radius 3 is 2.72 bits per heavy atom. The van der Waals surface area contributed by atoms with Crippen molar-refractivity contribution >= 4 is 5.96 Å². The lowest BCUT2D eigenvalue weighted by atomic mass is 10.0. The number of guanidine groups is 1. The van der Waals surface area contributed by atoms with Crippen LogP contribution in [0, 0.1) is 6.92 Å². The monoisotopic (exact) mass is 248 g/mol. The molecule has 100 valence electrons. The molecule has 4 N–H and O–H groups in total. The van der Waals surface area contributed by atoms with Crippen LogP contribution in [0.4, 0.5) is 0 Å². The maximum absolute atomic E-state index is 5.48. The minimum absolute atomic E-state index is 0.183. The Morgan fingerprint density at radius 1 is 1.39 bits per heavy atom. The summed E-state index contributed by atoms with van der Waals surface area (Å²) in [5.74, 6) is 6.13. The highest BCUT2D eigenvalue weighted by atomic mass is 15.3. The SMILES string of the molecule is CCCCN=C(NN)NC(C)c1ccccc1C. The van der Waals surface area contributed by atoms with E-state index in [0.717, 1.165) is 19.4 Å². The lowest BCUT2D eigenvalue weighted by Crippen LogP contribution is -2.42. The molecule has 4 nitrogen and oxygen atoms in total. The molecule has 1 rings (SSSR count). The molecule has 0 aliphatic heterocycles. The highest BCUT2D eigenvalue weighted by molar-refractivity contribution is 5.79. The van der Waals surface area contributed by atoms with E-state index in [4.69, 9.17) is 5.84 Å². The minimum atomic E-state index is 0.183. The smallest absolute Gasteiger partial charge is 0.206 e. The maximum atomic E-state index is 5.48. The largest absolute Gasteiger partial charge is 0.349 e. The second kappa shape index (κ2) is 7.71. The molecule has 0 aromatic heterocycles. The number of hydrogen-bond donors (Lipinski definition) is 3. The fourth-order valence-corrected chi connectivity index (χ4v) is 1.84. The van der Waals surface area contributed by atoms with E-state index in [1.54, 1.807) is 0 Å². The molecule has 0 heterocycles. The standard InChI is InChI=1S/C14H24N4/c1-4-5-10-16-14(18-15)17-12(3)13-9-7-6-8-11(13)2/h6-9,12H,4-5,10,15H2,1-3H3,(H2,16,17,18). The van der Waals surface area contributed by atoms with E-state index < -0.39 is 0 Å². The lowest BCUT2D eigenvalue weighted by Gasteiger charge is -2.18. The first-order chi connectivity index (χ1) is 8.69. The summed E-state index contributed by atoms with van der Waals surface area (Å²) < 4.78 is 0. The van der Waals surface area contributed by atoms with Crippen molar-refractivity contribution in [3.63, 3.8) is 0 Å². The number of aryl methyl sites for hydroxylation is 1. The van der Waals surface area contributed by atoms with Gasteiger partial charge in [0, 0.05) is 6.54 Å². The highest BCUT2D eigenvalue weighted by Gasteiger charge is 2.08. The molecule has 1 aromatic carbocycles. The second-order valence-corrected chi connectivity index (χ2v) is 4.45. The van der Waals surface area contributed by atoms with E-state index in [1.807, 2.05) is 12.1 Å². The summed E-state index contributed by atoms with van der Waals surface area (Å²) in [6.45, 7) is 7.16. The normalized spacial score (nSPS) is 13.2. The summed E-state index contributed by atoms with van der Waals surface area (Å²) in [7, 11) is 0. The molecular weight excluding hydrogens is 224 g/mol. The van der Waals surface area contributed by atoms with E-state index in [-0.39, 0.29) is 6.04 Å². The highest BCUT2D eigenvalue weighted by Crippen LogP contribution is 2.16. The first-order valence-corrected chi connectivity index (χ1v) is 6.52. The molecule has 0 saturated heterocycles. The molecule has 0 amide bonds. The van der Waals surface area contributed by atoms with Crippen LogP contribution in [0.3, 0.4) is 0 Å². The molecule has 0 spiro atoms. The zero-order chi connectivity index (χ0) is 13.4. The number of rotatable bonds is 5. The van der Waals surface area contributed by atoms with Gasteiger partial charge in [-0.15, -0.1) is 0 Å². The number of hydrazine groups is 1. The number of nitrogens with zero attached hydrogens (tertiary/aromatic N) is 1. The number of hydrogen-bond acceptors (Lipinski definition) is 2. The van der Waals surface area contributed by atoms with Gasteiger partial charge in [0.2, 0.25) is 5.96 Å². The molecule has 0 aliphatic carbocycles. The topological polar surface area (TPSA) is 62.4 Å². The van der Waals surface area contributed by atoms with Gasteiger partial charge in [0.05, 0.1) is 6.04 Å². The Kier molecular flexibility index (Phi) is 6.22. The van der Waals surface area contributed by atoms with Crippen molar-refractivity contribution in [1.29, 1.82) is 0 Å². The molecule has 1 atom stereocenters. The summed E-state index contributed by atoms with van der Waals surface area (Å²) in [5.41, 5.74) is 5.15. The number of unbranched alkanes of at least 4 members (excludes halogenated alkanes) is 1. The Bertz CT molecular complexity index is 387. The zero-order valence-electron chi connectivity index (χ0n) is 11.5. The van der Waals surface area contributed by atoms with E-state index >= 15 is 0 Å². The number of nitrogens with one attached hydrogen (secondary N) is 2. The Balaban J connectivity index is 2.65. The van der Waals surface area contributed by atoms with E-state index in [2.05, 4.69) is 48.6 Å². The molecule has 0 fully saturated rings. The van der Waals surface area contributed by atoms with E-state index in [0.29, 0.717) is 5.96 Å². The Morgan fingerprint density at radius 2 is 2.11 bits per heavy atom. The van der Waals surface area contributed by atoms with Crippen LogP contribution in [0.15, 0.2) is 29.3 Å². The van der Waals surface area contributed by atoms with E-state index in [9.17, 15) is 0 Å². The summed E-state index contributed by atoms with van der Waals surface area (Å²) >= 11 is 0. The van der Waals surface area contributed by atoms with Crippen LogP contribution in [0.1, 0.15) is 43.9 Å². The van der Waals surface area contributed by atoms with Crippen LogP contribution in [-0.2, 0) is 0 Å². The third-order valence-electron chi connectivity index (χ3n) is 2.93. The fraction of sp³-hybridized carbons (Fsp3) is 0.500. The molecule has 0 saturated carbocycles. The summed E-state index contributed by atoms with van der Waals surface area (Å²) in [4.78, 5) is 4.40. The fourth-order valence-electron chi connectivity index (χ4n) is 1.84. The predicted octanol–water partition coefficient (Wildman–Crippen LogP) is 2.27. The molecule has 0 bridgehead atoms. The van der Waals surface area contributed by atoms with Crippen LogP contribution in [0.2, 0.25) is 0 Å². The number of benzene rings is 1. The summed E-state index contributed by atoms with van der Waals surface area (Å²) in [6.07, 6.45) is 2.21. The third-order valence-corrected chi connectivity index (χ3v) is 2.93. The minimum Gasteiger partial charge on any atom is -0.349 e. The predicted molar refractivity (Wildman–Crippen MR) is 77.3 cm³/mol. The van der Waals surface area contributed by atoms with Crippen molar-refractivity contribution in [2.24, 2.45) is 10.8 Å². The van der Waals surface area contributed by atoms with Crippen molar-refractivity contribution < 1.29 is 0 Å². The molecule has 0 radical (unpaired) electrons. The van der Waals surface area contributed by atoms with Crippen LogP contribution in [0.25, 0.3) is 0 Å². The molecular formula is C14H24N4. The van der Waals surface area contributed by atoms with Gasteiger partial charge in [-0.2, -0.15) is 0 Å². The Hall–Kier alpha value is -1.55. The van der Waals surface area contributed by atoms with Crippen LogP contribution in [0.5, 0.6) is 0 Å². The zero-order valence-corrected chi connectivity index (χ0v) is 11.5. The molecule has 1 aromatic rings. The van der Waals surface area contributed by atoms with Gasteiger partial charge in [0.25, 0.3) is 0 Å². The quantitative estimate of drug-likeness (QED) is 0.246. The first-order valence-electron chi connectivity index (χ1n) is 6.52. The van der Waals surface area contributed by atoms with Gasteiger partial charge in [-0.25, -0.2) is 5.84 Å². The first kappa shape index (κ1) is 14.5. The molecule has 4 heteroatoms. The van der Waals surface area contributed by atoms with Gasteiger partial charge >= 0.3 is 0 Å². The Labute approximate surface area is 110 Å². The third kappa shape index (κ3) is 4.37. The van der Waals surface area contributed by atoms with Gasteiger partial charge in [0.15, 0.2) is 0 Å². The van der Waals surface area contributed by atoms with Gasteiger partial charge < -0.3 is 5.32 Å². The van der Waals surface area contributed by atoms with Gasteiger partial charge in [0.1, 0.15) is 0 Å². The van der Waals surface area contributed by atoms with Crippen molar-refractivity contribution in [2.45, 2.75) is 39.7 Å². The maximum Gasteiger partial charge on any atom is 0.206 e. The summed E-state index contributed by atoms with van der Waals surface area (Å²) in [6, 6.07) is 8.50. The van der Waals surface area contributed by atoms with Gasteiger partial charge in [-0.1, -0.05) is 37.6 Å². The van der Waals surface area contributed by atoms with Crippen LogP contribution in [-0.4, -0.2) is 12.5 Å². The van der Waals surface area contributed by atoms with Crippen molar-refractivity contribution in [3.8, 4) is 0 Å². The summed E-state index contributed by atoms with van der Waals surface area (Å²) in [5, 5.41) is 3.30. The van der Waals surface area contributed by atoms with Crippen LogP contribution < -0.4 is 16.6 Å². The second-order valence-electron chi connectivity index (χ2n) is 4.45. The molecule has 0 aliphatic rings. The van der Waals surface area contributed by atoms with Gasteiger partial charge in [-0.05, 0) is 31.4 Å². The van der Waals surface area contributed by atoms with E-state index in [1.165, 1.54) is 11.1 Å². The van der Waals surface area contributed by atoms with Crippen molar-refractivity contribution in [3.05, 3.63) is 35.4 Å². The van der Waals surface area contributed by atoms with Crippen LogP contribution >= 0.6 is 0 Å². The molecule has 18 heavy (non-hydrogen) atoms. The van der Waals surface area contributed by atoms with Gasteiger partial charge in [-0.3, -0.25) is 10.4 Å². The number of aliphatic imine (C=N–C) groups is 1. The lowest BCUT2D eigenvalue weighted by molar-refractivity contribution is 0.680. The van der Waals surface area contributed by atoms with Crippen molar-refractivity contribution in [2.75, 3.05) is 6.54 Å².